The van der Waals surface area contributed by atoms with Crippen LogP contribution in [0.15, 0.2) is 59.2 Å². The van der Waals surface area contributed by atoms with Gasteiger partial charge in [0.15, 0.2) is 4.77 Å². The normalized spacial score (nSPS) is 10.8. The molecule has 0 aliphatic rings. The van der Waals surface area contributed by atoms with Crippen LogP contribution in [0.25, 0.3) is 10.9 Å². The first-order valence-corrected chi connectivity index (χ1v) is 9.52. The van der Waals surface area contributed by atoms with Gasteiger partial charge < -0.3 is 9.88 Å². The van der Waals surface area contributed by atoms with Crippen molar-refractivity contribution in [3.05, 3.63) is 74.4 Å². The summed E-state index contributed by atoms with van der Waals surface area (Å²) in [5.74, 6) is -0.0345. The number of rotatable bonds is 7. The van der Waals surface area contributed by atoms with Crippen LogP contribution >= 0.6 is 23.6 Å². The van der Waals surface area contributed by atoms with E-state index < -0.39 is 0 Å². The van der Waals surface area contributed by atoms with Gasteiger partial charge in [0.25, 0.3) is 5.56 Å². The van der Waals surface area contributed by atoms with Gasteiger partial charge >= 0.3 is 0 Å². The van der Waals surface area contributed by atoms with E-state index in [4.69, 9.17) is 12.2 Å². The summed E-state index contributed by atoms with van der Waals surface area (Å²) in [6.07, 6.45) is 1.91. The third kappa shape index (κ3) is 4.00. The molecule has 0 saturated carbocycles. The molecule has 134 valence electrons. The minimum atomic E-state index is -0.175. The molecule has 0 fully saturated rings. The lowest BCUT2D eigenvalue weighted by atomic mass is 10.2. The summed E-state index contributed by atoms with van der Waals surface area (Å²) >= 11 is 6.91. The monoisotopic (exact) mass is 385 g/mol. The molecule has 0 aliphatic heterocycles. The van der Waals surface area contributed by atoms with Gasteiger partial charge in [0.1, 0.15) is 0 Å². The SMILES string of the molecule is C=CCN(Cc1cccs1)C(=O)CCn1c(=S)[nH]c2ccccc2c1=O. The lowest BCUT2D eigenvalue weighted by Gasteiger charge is -2.20. The van der Waals surface area contributed by atoms with Crippen LogP contribution in [-0.2, 0) is 17.9 Å². The molecule has 0 spiro atoms. The number of para-hydroxylation sites is 1. The zero-order chi connectivity index (χ0) is 18.5. The maximum absolute atomic E-state index is 12.7. The third-order valence-electron chi connectivity index (χ3n) is 4.07. The number of aromatic amines is 1. The van der Waals surface area contributed by atoms with E-state index in [0.29, 0.717) is 28.8 Å². The number of nitrogens with one attached hydrogen (secondary N) is 1. The average molecular weight is 386 g/mol. The molecule has 26 heavy (non-hydrogen) atoms. The predicted molar refractivity (Wildman–Crippen MR) is 108 cm³/mol. The van der Waals surface area contributed by atoms with Crippen molar-refractivity contribution in [3.63, 3.8) is 0 Å². The van der Waals surface area contributed by atoms with Crippen LogP contribution in [-0.4, -0.2) is 26.9 Å². The Balaban J connectivity index is 1.78. The third-order valence-corrected chi connectivity index (χ3v) is 5.25. The van der Waals surface area contributed by atoms with Gasteiger partial charge in [-0.25, -0.2) is 0 Å². The number of aromatic nitrogens is 2. The van der Waals surface area contributed by atoms with E-state index in [1.54, 1.807) is 28.4 Å². The van der Waals surface area contributed by atoms with E-state index >= 15 is 0 Å². The molecule has 0 unspecified atom stereocenters. The topological polar surface area (TPSA) is 58.1 Å². The Kier molecular flexibility index (Phi) is 5.80. The molecule has 0 saturated heterocycles. The highest BCUT2D eigenvalue weighted by atomic mass is 32.1. The zero-order valence-electron chi connectivity index (χ0n) is 14.2. The standard InChI is InChI=1S/C19H19N3O2S2/c1-2-10-21(13-14-6-5-12-26-14)17(23)9-11-22-18(24)15-7-3-4-8-16(15)20-19(22)25/h2-8,12H,1,9-11,13H2,(H,20,25). The fraction of sp³-hybridized carbons (Fsp3) is 0.211. The summed E-state index contributed by atoms with van der Waals surface area (Å²) in [6, 6.07) is 11.2. The predicted octanol–water partition coefficient (Wildman–Crippen LogP) is 3.73. The Hall–Kier alpha value is -2.51. The van der Waals surface area contributed by atoms with Crippen LogP contribution in [0.3, 0.4) is 0 Å². The van der Waals surface area contributed by atoms with Crippen LogP contribution in [0.2, 0.25) is 0 Å². The molecule has 0 aliphatic carbocycles. The minimum absolute atomic E-state index is 0.0345. The fourth-order valence-corrected chi connectivity index (χ4v) is 3.77. The largest absolute Gasteiger partial charge is 0.334 e. The van der Waals surface area contributed by atoms with Gasteiger partial charge in [0, 0.05) is 24.4 Å². The van der Waals surface area contributed by atoms with Crippen LogP contribution in [0.1, 0.15) is 11.3 Å². The lowest BCUT2D eigenvalue weighted by Crippen LogP contribution is -2.32. The van der Waals surface area contributed by atoms with Crippen LogP contribution in [0.4, 0.5) is 0 Å². The molecule has 1 N–H and O–H groups in total. The molecule has 1 amide bonds. The molecule has 0 bridgehead atoms. The van der Waals surface area contributed by atoms with Gasteiger partial charge in [-0.05, 0) is 35.8 Å². The number of hydrogen-bond acceptors (Lipinski definition) is 4. The average Bonchev–Trinajstić information content (AvgIpc) is 3.14. The molecule has 3 aromatic rings. The number of fused-ring (bicyclic) bond motifs is 1. The maximum Gasteiger partial charge on any atom is 0.262 e. The van der Waals surface area contributed by atoms with E-state index in [-0.39, 0.29) is 24.4 Å². The van der Waals surface area contributed by atoms with E-state index in [1.165, 1.54) is 4.57 Å². The Morgan fingerprint density at radius 1 is 1.31 bits per heavy atom. The smallest absolute Gasteiger partial charge is 0.262 e. The number of benzene rings is 1. The van der Waals surface area contributed by atoms with Gasteiger partial charge in [-0.15, -0.1) is 17.9 Å². The molecule has 0 atom stereocenters. The van der Waals surface area contributed by atoms with Crippen molar-refractivity contribution in [1.29, 1.82) is 0 Å². The number of thiophene rings is 1. The van der Waals surface area contributed by atoms with Gasteiger partial charge in [-0.1, -0.05) is 24.3 Å². The van der Waals surface area contributed by atoms with Crippen molar-refractivity contribution in [1.82, 2.24) is 14.5 Å². The molecule has 2 heterocycles. The number of amides is 1. The van der Waals surface area contributed by atoms with Gasteiger partial charge in [0.2, 0.25) is 5.91 Å². The first-order valence-electron chi connectivity index (χ1n) is 8.23. The van der Waals surface area contributed by atoms with Crippen molar-refractivity contribution < 1.29 is 4.79 Å². The highest BCUT2D eigenvalue weighted by Gasteiger charge is 2.14. The zero-order valence-corrected chi connectivity index (χ0v) is 15.8. The highest BCUT2D eigenvalue weighted by Crippen LogP contribution is 2.13. The number of carbonyl (C=O) groups excluding carboxylic acids is 1. The molecule has 7 heteroatoms. The number of nitrogens with zero attached hydrogens (tertiary/aromatic N) is 2. The second-order valence-corrected chi connectivity index (χ2v) is 7.24. The summed E-state index contributed by atoms with van der Waals surface area (Å²) in [5, 5.41) is 2.55. The summed E-state index contributed by atoms with van der Waals surface area (Å²) in [4.78, 5) is 31.2. The number of H-pyrrole nitrogens is 1. The van der Waals surface area contributed by atoms with E-state index in [2.05, 4.69) is 11.6 Å². The first-order chi connectivity index (χ1) is 12.6. The molecule has 0 radical (unpaired) electrons. The second-order valence-electron chi connectivity index (χ2n) is 5.82. The number of carbonyl (C=O) groups is 1. The summed E-state index contributed by atoms with van der Waals surface area (Å²) in [7, 11) is 0. The van der Waals surface area contributed by atoms with Crippen molar-refractivity contribution in [2.24, 2.45) is 0 Å². The van der Waals surface area contributed by atoms with E-state index in [0.717, 1.165) is 4.88 Å². The molecule has 2 aromatic heterocycles. The first kappa shape index (κ1) is 18.3. The van der Waals surface area contributed by atoms with Crippen LogP contribution < -0.4 is 5.56 Å². The second kappa shape index (κ2) is 8.25. The number of hydrogen-bond donors (Lipinski definition) is 1. The maximum atomic E-state index is 12.7. The minimum Gasteiger partial charge on any atom is -0.334 e. The van der Waals surface area contributed by atoms with E-state index in [9.17, 15) is 9.59 Å². The Labute approximate surface area is 160 Å². The van der Waals surface area contributed by atoms with Crippen molar-refractivity contribution in [2.75, 3.05) is 6.54 Å². The molecular formula is C19H19N3O2S2. The summed E-state index contributed by atoms with van der Waals surface area (Å²) < 4.78 is 1.78. The van der Waals surface area contributed by atoms with Crippen LogP contribution in [0.5, 0.6) is 0 Å². The molecule has 5 nitrogen and oxygen atoms in total. The van der Waals surface area contributed by atoms with Crippen LogP contribution in [0, 0.1) is 4.77 Å². The molecular weight excluding hydrogens is 366 g/mol. The molecule has 3 rings (SSSR count). The Morgan fingerprint density at radius 2 is 2.12 bits per heavy atom. The van der Waals surface area contributed by atoms with E-state index in [1.807, 2.05) is 35.7 Å². The van der Waals surface area contributed by atoms with Gasteiger partial charge in [-0.3, -0.25) is 14.2 Å². The Morgan fingerprint density at radius 3 is 2.85 bits per heavy atom. The lowest BCUT2D eigenvalue weighted by molar-refractivity contribution is -0.131. The Bertz CT molecular complexity index is 1030. The van der Waals surface area contributed by atoms with Crippen molar-refractivity contribution in [2.45, 2.75) is 19.5 Å². The molecule has 1 aromatic carbocycles. The quantitative estimate of drug-likeness (QED) is 0.498. The highest BCUT2D eigenvalue weighted by molar-refractivity contribution is 7.71. The fourth-order valence-electron chi connectivity index (χ4n) is 2.77. The summed E-state index contributed by atoms with van der Waals surface area (Å²) in [5.41, 5.74) is 0.529. The van der Waals surface area contributed by atoms with Crippen molar-refractivity contribution in [3.8, 4) is 0 Å². The van der Waals surface area contributed by atoms with Crippen molar-refractivity contribution >= 4 is 40.4 Å². The van der Waals surface area contributed by atoms with Gasteiger partial charge in [-0.2, -0.15) is 0 Å². The summed E-state index contributed by atoms with van der Waals surface area (Å²) in [6.45, 7) is 4.98. The van der Waals surface area contributed by atoms with Gasteiger partial charge in [0.05, 0.1) is 17.4 Å².